The lowest BCUT2D eigenvalue weighted by atomic mass is 9.98. The number of allylic oxidation sites excluding steroid dienone is 2. The number of ether oxygens (including phenoxy) is 3. The molecule has 2 aromatic carbocycles. The standard InChI is InChI=1S/C22H20O5/c1-13-10-11-19-18(12-13)22(27-16(4)24)20(17-8-6-5-7-9-17)21(14(2)25-19)26-15(3)23/h5-12H,1-4H3. The van der Waals surface area contributed by atoms with E-state index in [1.807, 2.05) is 49.4 Å². The van der Waals surface area contributed by atoms with Crippen molar-refractivity contribution in [3.8, 4) is 5.75 Å². The zero-order valence-electron chi connectivity index (χ0n) is 15.7. The van der Waals surface area contributed by atoms with Crippen molar-refractivity contribution in [2.45, 2.75) is 27.7 Å². The number of hydrogen-bond donors (Lipinski definition) is 0. The van der Waals surface area contributed by atoms with Gasteiger partial charge >= 0.3 is 11.9 Å². The highest BCUT2D eigenvalue weighted by atomic mass is 16.6. The second kappa shape index (κ2) is 7.50. The fourth-order valence-electron chi connectivity index (χ4n) is 2.92. The van der Waals surface area contributed by atoms with E-state index in [2.05, 4.69) is 0 Å². The quantitative estimate of drug-likeness (QED) is 0.744. The van der Waals surface area contributed by atoms with Crippen molar-refractivity contribution in [1.82, 2.24) is 0 Å². The van der Waals surface area contributed by atoms with E-state index in [0.29, 0.717) is 28.4 Å². The molecule has 1 heterocycles. The van der Waals surface area contributed by atoms with Crippen molar-refractivity contribution < 1.29 is 23.8 Å². The molecule has 0 unspecified atom stereocenters. The minimum Gasteiger partial charge on any atom is -0.457 e. The van der Waals surface area contributed by atoms with E-state index in [1.54, 1.807) is 13.0 Å². The van der Waals surface area contributed by atoms with Gasteiger partial charge in [0.2, 0.25) is 0 Å². The molecule has 0 N–H and O–H groups in total. The molecular weight excluding hydrogens is 344 g/mol. The number of aryl methyl sites for hydroxylation is 1. The molecule has 0 fully saturated rings. The van der Waals surface area contributed by atoms with Gasteiger partial charge in [-0.1, -0.05) is 42.0 Å². The van der Waals surface area contributed by atoms with Crippen molar-refractivity contribution in [2.24, 2.45) is 0 Å². The van der Waals surface area contributed by atoms with Crippen molar-refractivity contribution in [3.63, 3.8) is 0 Å². The summed E-state index contributed by atoms with van der Waals surface area (Å²) in [6.45, 7) is 6.29. The molecule has 0 bridgehead atoms. The van der Waals surface area contributed by atoms with Crippen molar-refractivity contribution in [1.29, 1.82) is 0 Å². The number of hydrogen-bond acceptors (Lipinski definition) is 5. The molecule has 0 spiro atoms. The third-order valence-electron chi connectivity index (χ3n) is 3.97. The molecular formula is C22H20O5. The van der Waals surface area contributed by atoms with Crippen LogP contribution in [0.2, 0.25) is 0 Å². The first-order chi connectivity index (χ1) is 12.9. The highest BCUT2D eigenvalue weighted by Crippen LogP contribution is 2.42. The highest BCUT2D eigenvalue weighted by molar-refractivity contribution is 6.00. The summed E-state index contributed by atoms with van der Waals surface area (Å²) in [5.74, 6) is 0.457. The van der Waals surface area contributed by atoms with E-state index < -0.39 is 11.9 Å². The van der Waals surface area contributed by atoms with E-state index >= 15 is 0 Å². The molecule has 0 saturated heterocycles. The fourth-order valence-corrected chi connectivity index (χ4v) is 2.92. The maximum atomic E-state index is 11.9. The largest absolute Gasteiger partial charge is 0.457 e. The zero-order valence-corrected chi connectivity index (χ0v) is 15.7. The minimum absolute atomic E-state index is 0.221. The predicted molar refractivity (Wildman–Crippen MR) is 101 cm³/mol. The Hall–Kier alpha value is -3.34. The number of carbonyl (C=O) groups excluding carboxylic acids is 2. The summed E-state index contributed by atoms with van der Waals surface area (Å²) >= 11 is 0. The van der Waals surface area contributed by atoms with Gasteiger partial charge in [0.05, 0.1) is 11.1 Å². The van der Waals surface area contributed by atoms with Gasteiger partial charge in [0, 0.05) is 13.8 Å². The average molecular weight is 364 g/mol. The van der Waals surface area contributed by atoms with Gasteiger partial charge < -0.3 is 14.2 Å². The molecule has 0 amide bonds. The maximum Gasteiger partial charge on any atom is 0.308 e. The Balaban J connectivity index is 2.40. The maximum absolute atomic E-state index is 11.9. The molecule has 1 aliphatic rings. The smallest absolute Gasteiger partial charge is 0.308 e. The van der Waals surface area contributed by atoms with Crippen molar-refractivity contribution in [3.05, 3.63) is 76.7 Å². The molecule has 2 aromatic rings. The summed E-state index contributed by atoms with van der Waals surface area (Å²) in [4.78, 5) is 23.6. The van der Waals surface area contributed by atoms with Crippen LogP contribution in [0.15, 0.2) is 60.0 Å². The molecule has 27 heavy (non-hydrogen) atoms. The Morgan fingerprint density at radius 1 is 0.852 bits per heavy atom. The molecule has 138 valence electrons. The van der Waals surface area contributed by atoms with Gasteiger partial charge in [-0.15, -0.1) is 0 Å². The summed E-state index contributed by atoms with van der Waals surface area (Å²) < 4.78 is 17.1. The molecule has 5 nitrogen and oxygen atoms in total. The SMILES string of the molecule is CC(=O)OC1=C(C)Oc2ccc(C)cc2C(OC(C)=O)=C1c1ccccc1. The average Bonchev–Trinajstić information content (AvgIpc) is 2.71. The van der Waals surface area contributed by atoms with E-state index in [4.69, 9.17) is 14.2 Å². The molecule has 0 atom stereocenters. The van der Waals surface area contributed by atoms with Crippen LogP contribution >= 0.6 is 0 Å². The first kappa shape index (κ1) is 18.5. The zero-order chi connectivity index (χ0) is 19.6. The molecule has 5 heteroatoms. The van der Waals surface area contributed by atoms with Crippen molar-refractivity contribution in [2.75, 3.05) is 0 Å². The van der Waals surface area contributed by atoms with Gasteiger partial charge in [-0.05, 0) is 31.5 Å². The molecule has 0 aliphatic carbocycles. The number of fused-ring (bicyclic) bond motifs is 1. The summed E-state index contributed by atoms with van der Waals surface area (Å²) in [6, 6.07) is 14.9. The summed E-state index contributed by atoms with van der Waals surface area (Å²) in [5, 5.41) is 0. The lowest BCUT2D eigenvalue weighted by molar-refractivity contribution is -0.136. The summed E-state index contributed by atoms with van der Waals surface area (Å²) in [5.41, 5.74) is 2.82. The van der Waals surface area contributed by atoms with Crippen LogP contribution in [0.1, 0.15) is 37.5 Å². The second-order valence-electron chi connectivity index (χ2n) is 6.24. The second-order valence-corrected chi connectivity index (χ2v) is 6.24. The van der Waals surface area contributed by atoms with Gasteiger partial charge in [0.1, 0.15) is 11.5 Å². The summed E-state index contributed by atoms with van der Waals surface area (Å²) in [6.07, 6.45) is 0. The van der Waals surface area contributed by atoms with Gasteiger partial charge in [-0.25, -0.2) is 0 Å². The lowest BCUT2D eigenvalue weighted by Gasteiger charge is -2.16. The number of rotatable bonds is 3. The third kappa shape index (κ3) is 3.92. The Morgan fingerprint density at radius 2 is 1.48 bits per heavy atom. The van der Waals surface area contributed by atoms with Crippen LogP contribution in [0, 0.1) is 6.92 Å². The van der Waals surface area contributed by atoms with Gasteiger partial charge in [-0.2, -0.15) is 0 Å². The molecule has 0 aromatic heterocycles. The van der Waals surface area contributed by atoms with Crippen molar-refractivity contribution >= 4 is 23.3 Å². The van der Waals surface area contributed by atoms with Crippen LogP contribution in [-0.4, -0.2) is 11.9 Å². The monoisotopic (exact) mass is 364 g/mol. The Labute approximate surface area is 157 Å². The predicted octanol–water partition coefficient (Wildman–Crippen LogP) is 4.61. The summed E-state index contributed by atoms with van der Waals surface area (Å²) in [7, 11) is 0. The number of benzene rings is 2. The molecule has 0 saturated carbocycles. The Kier molecular flexibility index (Phi) is 5.12. The number of carbonyl (C=O) groups is 2. The van der Waals surface area contributed by atoms with E-state index in [1.165, 1.54) is 13.8 Å². The Morgan fingerprint density at radius 3 is 2.11 bits per heavy atom. The van der Waals surface area contributed by atoms with Crippen LogP contribution in [-0.2, 0) is 19.1 Å². The lowest BCUT2D eigenvalue weighted by Crippen LogP contribution is -2.08. The van der Waals surface area contributed by atoms with Crippen LogP contribution in [0.5, 0.6) is 5.75 Å². The normalized spacial score (nSPS) is 13.5. The molecule has 1 aliphatic heterocycles. The van der Waals surface area contributed by atoms with E-state index in [9.17, 15) is 9.59 Å². The van der Waals surface area contributed by atoms with Gasteiger partial charge in [-0.3, -0.25) is 9.59 Å². The minimum atomic E-state index is -0.495. The topological polar surface area (TPSA) is 61.8 Å². The first-order valence-corrected chi connectivity index (χ1v) is 8.53. The molecule has 3 rings (SSSR count). The fraction of sp³-hybridized carbons (Fsp3) is 0.182. The Bertz CT molecular complexity index is 967. The van der Waals surface area contributed by atoms with Crippen LogP contribution in [0.4, 0.5) is 0 Å². The van der Waals surface area contributed by atoms with E-state index in [-0.39, 0.29) is 5.76 Å². The molecule has 0 radical (unpaired) electrons. The van der Waals surface area contributed by atoms with Gasteiger partial charge in [0.25, 0.3) is 0 Å². The first-order valence-electron chi connectivity index (χ1n) is 8.53. The van der Waals surface area contributed by atoms with Crippen LogP contribution < -0.4 is 4.74 Å². The highest BCUT2D eigenvalue weighted by Gasteiger charge is 2.29. The van der Waals surface area contributed by atoms with Crippen LogP contribution in [0.25, 0.3) is 11.3 Å². The van der Waals surface area contributed by atoms with Gasteiger partial charge in [0.15, 0.2) is 11.5 Å². The van der Waals surface area contributed by atoms with E-state index in [0.717, 1.165) is 11.1 Å². The number of esters is 2. The van der Waals surface area contributed by atoms with Crippen LogP contribution in [0.3, 0.4) is 0 Å². The third-order valence-corrected chi connectivity index (χ3v) is 3.97.